The van der Waals surface area contributed by atoms with E-state index < -0.39 is 5.92 Å². The first-order valence-electron chi connectivity index (χ1n) is 4.84. The fourth-order valence-corrected chi connectivity index (χ4v) is 1.72. The number of rotatable bonds is 6. The van der Waals surface area contributed by atoms with Crippen molar-refractivity contribution in [2.24, 2.45) is 5.41 Å². The molecular weight excluding hydrogens is 174 g/mol. The second-order valence-electron chi connectivity index (χ2n) is 4.36. The molecule has 0 spiro atoms. The van der Waals surface area contributed by atoms with Crippen LogP contribution in [0.5, 0.6) is 0 Å². The molecule has 0 radical (unpaired) electrons. The van der Waals surface area contributed by atoms with Gasteiger partial charge in [-0.05, 0) is 38.0 Å². The molecule has 1 aliphatic rings. The van der Waals surface area contributed by atoms with E-state index in [1.165, 1.54) is 0 Å². The van der Waals surface area contributed by atoms with Gasteiger partial charge in [-0.3, -0.25) is 0 Å². The molecule has 1 rings (SSSR count). The zero-order chi connectivity index (χ0) is 9.95. The first-order chi connectivity index (χ1) is 5.97. The normalized spacial score (nSPS) is 20.3. The summed E-state index contributed by atoms with van der Waals surface area (Å²) < 4.78 is 30.0. The summed E-state index contributed by atoms with van der Waals surface area (Å²) in [5, 5.41) is 0. The van der Waals surface area contributed by atoms with Crippen LogP contribution in [0.15, 0.2) is 0 Å². The smallest absolute Gasteiger partial charge is 0.245 e. The average Bonchev–Trinajstić information content (AvgIpc) is 2.67. The Morgan fingerprint density at radius 2 is 2.00 bits per heavy atom. The van der Waals surface area contributed by atoms with Gasteiger partial charge in [-0.15, -0.1) is 0 Å². The molecule has 0 unspecified atom stereocenters. The Hall–Kier alpha value is -0.180. The maximum Gasteiger partial charge on any atom is 0.245 e. The third kappa shape index (κ3) is 4.03. The first-order valence-corrected chi connectivity index (χ1v) is 4.84. The number of alkyl halides is 2. The Morgan fingerprint density at radius 3 is 2.38 bits per heavy atom. The van der Waals surface area contributed by atoms with Crippen LogP contribution in [-0.4, -0.2) is 19.6 Å². The van der Waals surface area contributed by atoms with Gasteiger partial charge in [-0.1, -0.05) is 0 Å². The lowest BCUT2D eigenvalue weighted by Crippen LogP contribution is -2.13. The molecule has 78 valence electrons. The molecular formula is C10H18F2O. The van der Waals surface area contributed by atoms with Gasteiger partial charge in [0, 0.05) is 13.5 Å². The van der Waals surface area contributed by atoms with Crippen LogP contribution in [-0.2, 0) is 4.74 Å². The van der Waals surface area contributed by atoms with Gasteiger partial charge < -0.3 is 4.74 Å². The third-order valence-electron chi connectivity index (χ3n) is 2.73. The van der Waals surface area contributed by atoms with Crippen LogP contribution in [0.25, 0.3) is 0 Å². The second-order valence-corrected chi connectivity index (χ2v) is 4.36. The minimum atomic E-state index is -2.50. The van der Waals surface area contributed by atoms with E-state index in [2.05, 4.69) is 0 Å². The van der Waals surface area contributed by atoms with Gasteiger partial charge >= 0.3 is 0 Å². The highest BCUT2D eigenvalue weighted by molar-refractivity contribution is 4.92. The Labute approximate surface area is 78.5 Å². The molecule has 3 heteroatoms. The largest absolute Gasteiger partial charge is 0.384 e. The lowest BCUT2D eigenvalue weighted by molar-refractivity contribution is 0.00765. The number of methoxy groups -OCH3 is 1. The highest BCUT2D eigenvalue weighted by Gasteiger charge is 2.42. The van der Waals surface area contributed by atoms with Gasteiger partial charge in [-0.2, -0.15) is 0 Å². The van der Waals surface area contributed by atoms with Crippen molar-refractivity contribution in [3.63, 3.8) is 0 Å². The second kappa shape index (κ2) is 3.91. The zero-order valence-electron chi connectivity index (χ0n) is 8.41. The maximum atomic E-state index is 12.5. The quantitative estimate of drug-likeness (QED) is 0.627. The van der Waals surface area contributed by atoms with Crippen molar-refractivity contribution in [2.75, 3.05) is 13.7 Å². The minimum Gasteiger partial charge on any atom is -0.384 e. The molecule has 13 heavy (non-hydrogen) atoms. The van der Waals surface area contributed by atoms with Crippen molar-refractivity contribution in [1.82, 2.24) is 0 Å². The topological polar surface area (TPSA) is 9.23 Å². The Bertz CT molecular complexity index is 159. The molecule has 0 bridgehead atoms. The van der Waals surface area contributed by atoms with Crippen LogP contribution in [0, 0.1) is 5.41 Å². The van der Waals surface area contributed by atoms with Gasteiger partial charge in [0.25, 0.3) is 0 Å². The highest BCUT2D eigenvalue weighted by atomic mass is 19.3. The van der Waals surface area contributed by atoms with E-state index in [0.717, 1.165) is 32.8 Å². The predicted octanol–water partition coefficient (Wildman–Crippen LogP) is 3.24. The summed E-state index contributed by atoms with van der Waals surface area (Å²) in [7, 11) is 1.68. The SMILES string of the molecule is COCC1(CCCC(C)(F)F)CC1. The molecule has 1 nitrogen and oxygen atoms in total. The summed E-state index contributed by atoms with van der Waals surface area (Å²) in [6.07, 6.45) is 3.82. The van der Waals surface area contributed by atoms with Crippen LogP contribution in [0.3, 0.4) is 0 Å². The van der Waals surface area contributed by atoms with Crippen molar-refractivity contribution in [1.29, 1.82) is 0 Å². The molecule has 0 aromatic rings. The summed E-state index contributed by atoms with van der Waals surface area (Å²) in [4.78, 5) is 0. The summed E-state index contributed by atoms with van der Waals surface area (Å²) in [6.45, 7) is 1.73. The van der Waals surface area contributed by atoms with Crippen LogP contribution in [0.4, 0.5) is 8.78 Å². The molecule has 1 aliphatic carbocycles. The fourth-order valence-electron chi connectivity index (χ4n) is 1.72. The van der Waals surface area contributed by atoms with Gasteiger partial charge in [-0.25, -0.2) is 8.78 Å². The van der Waals surface area contributed by atoms with Gasteiger partial charge in [0.15, 0.2) is 0 Å². The van der Waals surface area contributed by atoms with Gasteiger partial charge in [0.1, 0.15) is 0 Å². The van der Waals surface area contributed by atoms with Crippen molar-refractivity contribution in [2.45, 2.75) is 45.0 Å². The number of hydrogen-bond donors (Lipinski definition) is 0. The standard InChI is InChI=1S/C10H18F2O/c1-9(11,12)4-3-5-10(6-7-10)8-13-2/h3-8H2,1-2H3. The van der Waals surface area contributed by atoms with E-state index in [1.807, 2.05) is 0 Å². The summed E-state index contributed by atoms with van der Waals surface area (Å²) in [6, 6.07) is 0. The van der Waals surface area contributed by atoms with E-state index in [0.29, 0.717) is 6.42 Å². The van der Waals surface area contributed by atoms with Gasteiger partial charge in [0.2, 0.25) is 5.92 Å². The molecule has 1 fully saturated rings. The molecule has 1 saturated carbocycles. The highest BCUT2D eigenvalue weighted by Crippen LogP contribution is 2.50. The van der Waals surface area contributed by atoms with Crippen molar-refractivity contribution < 1.29 is 13.5 Å². The van der Waals surface area contributed by atoms with E-state index >= 15 is 0 Å². The lowest BCUT2D eigenvalue weighted by Gasteiger charge is -2.15. The summed E-state index contributed by atoms with van der Waals surface area (Å²) in [5.41, 5.74) is 0.264. The first kappa shape index (κ1) is 10.9. The van der Waals surface area contributed by atoms with E-state index in [9.17, 15) is 8.78 Å². The zero-order valence-corrected chi connectivity index (χ0v) is 8.41. The van der Waals surface area contributed by atoms with E-state index in [-0.39, 0.29) is 11.8 Å². The Balaban J connectivity index is 2.12. The maximum absolute atomic E-state index is 12.5. The number of ether oxygens (including phenoxy) is 1. The van der Waals surface area contributed by atoms with Crippen LogP contribution in [0.1, 0.15) is 39.0 Å². The molecule has 0 saturated heterocycles. The van der Waals surface area contributed by atoms with Crippen LogP contribution >= 0.6 is 0 Å². The van der Waals surface area contributed by atoms with E-state index in [4.69, 9.17) is 4.74 Å². The molecule has 0 aliphatic heterocycles. The van der Waals surface area contributed by atoms with Gasteiger partial charge in [0.05, 0.1) is 6.61 Å². The molecule has 0 amide bonds. The third-order valence-corrected chi connectivity index (χ3v) is 2.73. The monoisotopic (exact) mass is 192 g/mol. The predicted molar refractivity (Wildman–Crippen MR) is 48.0 cm³/mol. The van der Waals surface area contributed by atoms with Crippen molar-refractivity contribution >= 4 is 0 Å². The van der Waals surface area contributed by atoms with Crippen LogP contribution in [0.2, 0.25) is 0 Å². The molecule has 0 heterocycles. The van der Waals surface area contributed by atoms with E-state index in [1.54, 1.807) is 7.11 Å². The number of halogens is 2. The molecule has 0 aromatic carbocycles. The Kier molecular flexibility index (Phi) is 3.28. The molecule has 0 atom stereocenters. The number of hydrogen-bond acceptors (Lipinski definition) is 1. The molecule has 0 N–H and O–H groups in total. The van der Waals surface area contributed by atoms with Crippen molar-refractivity contribution in [3.8, 4) is 0 Å². The fraction of sp³-hybridized carbons (Fsp3) is 1.00. The summed E-state index contributed by atoms with van der Waals surface area (Å²) >= 11 is 0. The lowest BCUT2D eigenvalue weighted by atomic mass is 9.99. The molecule has 0 aromatic heterocycles. The van der Waals surface area contributed by atoms with Crippen LogP contribution < -0.4 is 0 Å². The Morgan fingerprint density at radius 1 is 1.38 bits per heavy atom. The van der Waals surface area contributed by atoms with Crippen molar-refractivity contribution in [3.05, 3.63) is 0 Å². The minimum absolute atomic E-state index is 0.0124. The average molecular weight is 192 g/mol. The summed E-state index contributed by atoms with van der Waals surface area (Å²) in [5.74, 6) is -2.50.